The average Bonchev–Trinajstić information content (AvgIpc) is 3.08. The van der Waals surface area contributed by atoms with Gasteiger partial charge in [0.1, 0.15) is 0 Å². The predicted molar refractivity (Wildman–Crippen MR) is 112 cm³/mol. The third-order valence-electron chi connectivity index (χ3n) is 6.36. The second-order valence-electron chi connectivity index (χ2n) is 8.13. The van der Waals surface area contributed by atoms with Crippen molar-refractivity contribution in [2.75, 3.05) is 36.4 Å². The number of anilines is 2. The molecule has 5 N–H and O–H groups in total. The number of fused-ring (bicyclic) bond motifs is 4. The summed E-state index contributed by atoms with van der Waals surface area (Å²) in [6, 6.07) is 6.58. The number of nitrogens with one attached hydrogen (secondary N) is 3. The third kappa shape index (κ3) is 3.15. The van der Waals surface area contributed by atoms with Gasteiger partial charge in [-0.05, 0) is 49.9 Å². The van der Waals surface area contributed by atoms with Crippen LogP contribution in [0.5, 0.6) is 11.5 Å². The summed E-state index contributed by atoms with van der Waals surface area (Å²) in [5.41, 5.74) is 2.92. The summed E-state index contributed by atoms with van der Waals surface area (Å²) in [7, 11) is 0. The van der Waals surface area contributed by atoms with E-state index in [2.05, 4.69) is 31.3 Å². The van der Waals surface area contributed by atoms with E-state index in [1.807, 2.05) is 12.1 Å². The molecule has 0 bridgehead atoms. The maximum atomic E-state index is 12.4. The molecule has 3 aliphatic heterocycles. The van der Waals surface area contributed by atoms with E-state index < -0.39 is 23.2 Å². The van der Waals surface area contributed by atoms with Crippen LogP contribution in [0.25, 0.3) is 11.3 Å². The lowest BCUT2D eigenvalue weighted by atomic mass is 9.94. The number of carboxylic acid groups (broad SMARTS) is 1. The van der Waals surface area contributed by atoms with Crippen LogP contribution in [0.4, 0.5) is 16.2 Å². The molecule has 4 heterocycles. The number of aromatic amines is 1. The van der Waals surface area contributed by atoms with Crippen molar-refractivity contribution in [2.24, 2.45) is 5.92 Å². The van der Waals surface area contributed by atoms with Gasteiger partial charge in [-0.2, -0.15) is 0 Å². The van der Waals surface area contributed by atoms with Crippen LogP contribution < -0.4 is 25.8 Å². The maximum Gasteiger partial charge on any atom is 0.511 e. The van der Waals surface area contributed by atoms with Crippen LogP contribution >= 0.6 is 0 Å². The number of pyridine rings is 1. The molecule has 30 heavy (non-hydrogen) atoms. The Labute approximate surface area is 172 Å². The number of aromatic hydroxyl groups is 1. The molecule has 2 fully saturated rings. The van der Waals surface area contributed by atoms with Crippen LogP contribution in [0.15, 0.2) is 23.0 Å². The number of H-pyrrole nitrogens is 1. The van der Waals surface area contributed by atoms with Crippen molar-refractivity contribution in [3.63, 3.8) is 0 Å². The maximum absolute atomic E-state index is 12.4. The number of hydrogen-bond donors (Lipinski definition) is 5. The summed E-state index contributed by atoms with van der Waals surface area (Å²) in [5.74, 6) is -0.342. The first kappa shape index (κ1) is 18.8. The van der Waals surface area contributed by atoms with Gasteiger partial charge >= 0.3 is 6.16 Å². The minimum absolute atomic E-state index is 0.412. The fourth-order valence-electron chi connectivity index (χ4n) is 4.94. The Morgan fingerprint density at radius 1 is 1.23 bits per heavy atom. The van der Waals surface area contributed by atoms with E-state index in [0.717, 1.165) is 36.6 Å². The standard InChI is InChI=1S/C21H24N4O5/c26-18-14-5-7-23-15-8-12(25-9-11-2-1-6-22-16(11)10-25)3-4-13(15)17(14)24-20(27)19(18)30-21(28)29/h3-4,8,11,16,22-23H,1-2,5-7,9-10H2,(H,28,29)(H2,24,26,27). The quantitative estimate of drug-likeness (QED) is 0.474. The molecule has 1 aromatic heterocycles. The van der Waals surface area contributed by atoms with E-state index in [-0.39, 0.29) is 0 Å². The number of ether oxygens (including phenoxy) is 1. The molecule has 9 nitrogen and oxygen atoms in total. The highest BCUT2D eigenvalue weighted by Crippen LogP contribution is 2.40. The second kappa shape index (κ2) is 7.24. The van der Waals surface area contributed by atoms with Crippen molar-refractivity contribution >= 4 is 17.5 Å². The summed E-state index contributed by atoms with van der Waals surface area (Å²) >= 11 is 0. The number of rotatable bonds is 2. The molecular formula is C21H24N4O5. The van der Waals surface area contributed by atoms with Crippen molar-refractivity contribution in [2.45, 2.75) is 25.3 Å². The van der Waals surface area contributed by atoms with Crippen LogP contribution in [0.1, 0.15) is 18.4 Å². The summed E-state index contributed by atoms with van der Waals surface area (Å²) in [5, 5.41) is 26.3. The van der Waals surface area contributed by atoms with Gasteiger partial charge in [0.2, 0.25) is 5.75 Å². The lowest BCUT2D eigenvalue weighted by Crippen LogP contribution is -2.40. The lowest BCUT2D eigenvalue weighted by Gasteiger charge is -2.24. The largest absolute Gasteiger partial charge is 0.511 e. The summed E-state index contributed by atoms with van der Waals surface area (Å²) in [4.78, 5) is 28.3. The minimum Gasteiger partial charge on any atom is -0.504 e. The number of hydrogen-bond acceptors (Lipinski definition) is 7. The van der Waals surface area contributed by atoms with Crippen molar-refractivity contribution in [3.8, 4) is 22.8 Å². The first-order chi connectivity index (χ1) is 14.5. The SMILES string of the molecule is O=C(O)Oc1c(O)c2c([nH]c1=O)-c1ccc(N3CC4CCCNC4C3)cc1NCC2. The molecule has 158 valence electrons. The Hall–Kier alpha value is -3.20. The predicted octanol–water partition coefficient (Wildman–Crippen LogP) is 1.96. The van der Waals surface area contributed by atoms with Crippen molar-refractivity contribution in [1.82, 2.24) is 10.3 Å². The fourth-order valence-corrected chi connectivity index (χ4v) is 4.94. The van der Waals surface area contributed by atoms with Gasteiger partial charge in [-0.25, -0.2) is 4.79 Å². The molecule has 0 saturated carbocycles. The monoisotopic (exact) mass is 412 g/mol. The molecule has 0 radical (unpaired) electrons. The molecule has 1 aromatic carbocycles. The minimum atomic E-state index is -1.65. The van der Waals surface area contributed by atoms with Gasteiger partial charge in [-0.3, -0.25) is 4.79 Å². The molecule has 0 amide bonds. The fraction of sp³-hybridized carbons (Fsp3) is 0.429. The van der Waals surface area contributed by atoms with E-state index in [0.29, 0.717) is 36.2 Å². The van der Waals surface area contributed by atoms with Gasteiger partial charge in [0.25, 0.3) is 5.56 Å². The molecule has 2 aromatic rings. The average molecular weight is 412 g/mol. The van der Waals surface area contributed by atoms with Gasteiger partial charge in [0.05, 0.1) is 5.69 Å². The Morgan fingerprint density at radius 2 is 2.10 bits per heavy atom. The van der Waals surface area contributed by atoms with Gasteiger partial charge in [-0.1, -0.05) is 0 Å². The highest BCUT2D eigenvalue weighted by atomic mass is 16.7. The zero-order chi connectivity index (χ0) is 20.8. The van der Waals surface area contributed by atoms with Gasteiger partial charge in [0.15, 0.2) is 5.75 Å². The molecule has 3 aliphatic rings. The molecule has 2 unspecified atom stereocenters. The number of nitrogens with zero attached hydrogens (tertiary/aromatic N) is 1. The van der Waals surface area contributed by atoms with Crippen LogP contribution in [-0.2, 0) is 6.42 Å². The normalized spacial score (nSPS) is 22.3. The topological polar surface area (TPSA) is 127 Å². The second-order valence-corrected chi connectivity index (χ2v) is 8.13. The van der Waals surface area contributed by atoms with Gasteiger partial charge < -0.3 is 35.5 Å². The number of benzene rings is 1. The Morgan fingerprint density at radius 3 is 2.90 bits per heavy atom. The number of aromatic nitrogens is 1. The first-order valence-corrected chi connectivity index (χ1v) is 10.3. The van der Waals surface area contributed by atoms with E-state index in [1.54, 1.807) is 0 Å². The Bertz CT molecular complexity index is 1050. The molecule has 2 saturated heterocycles. The smallest absolute Gasteiger partial charge is 0.504 e. The van der Waals surface area contributed by atoms with E-state index in [4.69, 9.17) is 5.11 Å². The van der Waals surface area contributed by atoms with Crippen molar-refractivity contribution in [1.29, 1.82) is 0 Å². The number of carbonyl (C=O) groups is 1. The summed E-state index contributed by atoms with van der Waals surface area (Å²) in [6.07, 6.45) is 1.25. The van der Waals surface area contributed by atoms with Crippen LogP contribution in [0, 0.1) is 5.92 Å². The van der Waals surface area contributed by atoms with Crippen LogP contribution in [0.3, 0.4) is 0 Å². The summed E-state index contributed by atoms with van der Waals surface area (Å²) < 4.78 is 4.49. The zero-order valence-corrected chi connectivity index (χ0v) is 16.4. The summed E-state index contributed by atoms with van der Waals surface area (Å²) in [6.45, 7) is 3.62. The van der Waals surface area contributed by atoms with E-state index in [1.165, 1.54) is 12.8 Å². The lowest BCUT2D eigenvalue weighted by molar-refractivity contribution is 0.142. The highest BCUT2D eigenvalue weighted by molar-refractivity contribution is 5.83. The van der Waals surface area contributed by atoms with Crippen molar-refractivity contribution < 1.29 is 19.7 Å². The zero-order valence-electron chi connectivity index (χ0n) is 16.4. The molecule has 2 atom stereocenters. The molecular weight excluding hydrogens is 388 g/mol. The van der Waals surface area contributed by atoms with Crippen LogP contribution in [0.2, 0.25) is 0 Å². The highest BCUT2D eigenvalue weighted by Gasteiger charge is 2.34. The Balaban J connectivity index is 1.51. The Kier molecular flexibility index (Phi) is 4.54. The van der Waals surface area contributed by atoms with E-state index >= 15 is 0 Å². The molecule has 5 rings (SSSR count). The molecule has 0 aliphatic carbocycles. The van der Waals surface area contributed by atoms with Crippen molar-refractivity contribution in [3.05, 3.63) is 34.1 Å². The van der Waals surface area contributed by atoms with Gasteiger partial charge in [-0.15, -0.1) is 0 Å². The van der Waals surface area contributed by atoms with Crippen LogP contribution in [-0.4, -0.2) is 53.6 Å². The van der Waals surface area contributed by atoms with E-state index in [9.17, 15) is 14.7 Å². The molecule has 0 spiro atoms. The number of piperidine rings is 1. The van der Waals surface area contributed by atoms with Gasteiger partial charge in [0, 0.05) is 48.2 Å². The first-order valence-electron chi connectivity index (χ1n) is 10.3. The third-order valence-corrected chi connectivity index (χ3v) is 6.36. The molecule has 9 heteroatoms.